The van der Waals surface area contributed by atoms with Gasteiger partial charge in [-0.1, -0.05) is 34.1 Å². The van der Waals surface area contributed by atoms with Crippen LogP contribution in [0.5, 0.6) is 11.5 Å². The second-order valence-corrected chi connectivity index (χ2v) is 8.23. The smallest absolute Gasteiger partial charge is 0.266 e. The van der Waals surface area contributed by atoms with Crippen LogP contribution in [0.4, 0.5) is 5.69 Å². The summed E-state index contributed by atoms with van der Waals surface area (Å²) in [4.78, 5) is 12.5. The van der Waals surface area contributed by atoms with E-state index < -0.39 is 5.91 Å². The molecular formula is C24H18Br2N2O3. The number of anilines is 1. The van der Waals surface area contributed by atoms with Crippen molar-refractivity contribution in [2.24, 2.45) is 0 Å². The molecule has 7 heteroatoms. The zero-order valence-electron chi connectivity index (χ0n) is 16.6. The van der Waals surface area contributed by atoms with Crippen LogP contribution in [0.2, 0.25) is 0 Å². The van der Waals surface area contributed by atoms with Gasteiger partial charge in [-0.25, -0.2) is 0 Å². The van der Waals surface area contributed by atoms with E-state index in [2.05, 4.69) is 37.2 Å². The number of amides is 1. The van der Waals surface area contributed by atoms with E-state index >= 15 is 0 Å². The summed E-state index contributed by atoms with van der Waals surface area (Å²) in [6.45, 7) is 0.425. The van der Waals surface area contributed by atoms with Gasteiger partial charge in [0.15, 0.2) is 0 Å². The summed E-state index contributed by atoms with van der Waals surface area (Å²) in [5.41, 5.74) is 2.31. The van der Waals surface area contributed by atoms with Crippen LogP contribution < -0.4 is 14.8 Å². The van der Waals surface area contributed by atoms with E-state index in [1.165, 1.54) is 6.08 Å². The van der Waals surface area contributed by atoms with Crippen LogP contribution in [0.15, 0.2) is 81.2 Å². The Hall–Kier alpha value is -3.08. The second kappa shape index (κ2) is 10.8. The summed E-state index contributed by atoms with van der Waals surface area (Å²) in [6, 6.07) is 22.1. The van der Waals surface area contributed by atoms with Gasteiger partial charge in [-0.15, -0.1) is 0 Å². The first-order valence-electron chi connectivity index (χ1n) is 9.22. The molecule has 3 rings (SSSR count). The monoisotopic (exact) mass is 540 g/mol. The van der Waals surface area contributed by atoms with Gasteiger partial charge in [0.2, 0.25) is 0 Å². The normalized spacial score (nSPS) is 10.8. The number of nitrogens with one attached hydrogen (secondary N) is 1. The maximum Gasteiger partial charge on any atom is 0.266 e. The van der Waals surface area contributed by atoms with Crippen molar-refractivity contribution in [1.82, 2.24) is 0 Å². The van der Waals surface area contributed by atoms with Gasteiger partial charge in [-0.3, -0.25) is 4.79 Å². The van der Waals surface area contributed by atoms with Gasteiger partial charge in [0.05, 0.1) is 11.6 Å². The number of ether oxygens (including phenoxy) is 2. The first-order valence-corrected chi connectivity index (χ1v) is 10.8. The van der Waals surface area contributed by atoms with Crippen molar-refractivity contribution in [3.05, 3.63) is 92.4 Å². The van der Waals surface area contributed by atoms with Crippen LogP contribution in [-0.4, -0.2) is 13.0 Å². The summed E-state index contributed by atoms with van der Waals surface area (Å²) < 4.78 is 12.7. The molecule has 0 saturated heterocycles. The van der Waals surface area contributed by atoms with Gasteiger partial charge >= 0.3 is 0 Å². The summed E-state index contributed by atoms with van der Waals surface area (Å²) in [5, 5.41) is 12.1. The average Bonchev–Trinajstić information content (AvgIpc) is 2.78. The minimum Gasteiger partial charge on any atom is -0.497 e. The maximum absolute atomic E-state index is 12.5. The lowest BCUT2D eigenvalue weighted by Crippen LogP contribution is -2.13. The molecule has 1 amide bonds. The molecule has 3 aromatic rings. The summed E-state index contributed by atoms with van der Waals surface area (Å²) >= 11 is 6.90. The molecule has 0 fully saturated rings. The number of carbonyl (C=O) groups excluding carboxylic acids is 1. The molecule has 0 heterocycles. The van der Waals surface area contributed by atoms with E-state index in [1.807, 2.05) is 30.3 Å². The topological polar surface area (TPSA) is 71.3 Å². The Kier molecular flexibility index (Phi) is 7.88. The van der Waals surface area contributed by atoms with E-state index in [9.17, 15) is 10.1 Å². The van der Waals surface area contributed by atoms with Crippen molar-refractivity contribution >= 4 is 49.5 Å². The predicted octanol–water partition coefficient (Wildman–Crippen LogP) is 6.34. The molecule has 1 N–H and O–H groups in total. The Morgan fingerprint density at radius 3 is 2.39 bits per heavy atom. The predicted molar refractivity (Wildman–Crippen MR) is 128 cm³/mol. The molecule has 0 aliphatic heterocycles. The van der Waals surface area contributed by atoms with Crippen molar-refractivity contribution in [2.75, 3.05) is 12.4 Å². The van der Waals surface area contributed by atoms with Crippen LogP contribution in [0.25, 0.3) is 6.08 Å². The molecule has 156 valence electrons. The minimum absolute atomic E-state index is 0.00810. The number of rotatable bonds is 7. The van der Waals surface area contributed by atoms with E-state index in [0.717, 1.165) is 14.5 Å². The van der Waals surface area contributed by atoms with Gasteiger partial charge in [0.25, 0.3) is 5.91 Å². The fourth-order valence-electron chi connectivity index (χ4n) is 2.65. The van der Waals surface area contributed by atoms with E-state index in [0.29, 0.717) is 29.4 Å². The molecule has 0 aliphatic carbocycles. The highest BCUT2D eigenvalue weighted by molar-refractivity contribution is 9.10. The summed E-state index contributed by atoms with van der Waals surface area (Å²) in [5.74, 6) is 0.863. The van der Waals surface area contributed by atoms with E-state index in [-0.39, 0.29) is 5.57 Å². The minimum atomic E-state index is -0.487. The largest absolute Gasteiger partial charge is 0.497 e. The lowest BCUT2D eigenvalue weighted by Gasteiger charge is -2.09. The third-order valence-corrected chi connectivity index (χ3v) is 5.44. The highest BCUT2D eigenvalue weighted by Crippen LogP contribution is 2.28. The number of benzene rings is 3. The average molecular weight is 542 g/mol. The summed E-state index contributed by atoms with van der Waals surface area (Å²) in [6.07, 6.45) is 1.53. The molecule has 0 radical (unpaired) electrons. The standard InChI is InChI=1S/C24H18Br2N2O3/c1-30-21-9-7-20(8-10-21)28-24(29)18(14-27)12-17-4-11-23(22(26)13-17)31-15-16-2-5-19(25)6-3-16/h2-13H,15H2,1H3,(H,28,29)/b18-12-. The van der Waals surface area contributed by atoms with E-state index in [1.54, 1.807) is 49.6 Å². The van der Waals surface area contributed by atoms with Gasteiger partial charge in [0.1, 0.15) is 29.7 Å². The SMILES string of the molecule is COc1ccc(NC(=O)/C(C#N)=C\c2ccc(OCc3ccc(Br)cc3)c(Br)c2)cc1. The molecule has 31 heavy (non-hydrogen) atoms. The van der Waals surface area contributed by atoms with Crippen molar-refractivity contribution in [1.29, 1.82) is 5.26 Å². The Morgan fingerprint density at radius 1 is 1.06 bits per heavy atom. The fourth-order valence-corrected chi connectivity index (χ4v) is 3.43. The van der Waals surface area contributed by atoms with Crippen LogP contribution >= 0.6 is 31.9 Å². The number of nitriles is 1. The Labute approximate surface area is 197 Å². The molecule has 3 aromatic carbocycles. The molecule has 0 saturated carbocycles. The number of hydrogen-bond acceptors (Lipinski definition) is 4. The van der Waals surface area contributed by atoms with Crippen LogP contribution in [0.1, 0.15) is 11.1 Å². The first-order chi connectivity index (χ1) is 15.0. The molecule has 0 bridgehead atoms. The van der Waals surface area contributed by atoms with Gasteiger partial charge in [-0.05, 0) is 81.7 Å². The number of methoxy groups -OCH3 is 1. The summed E-state index contributed by atoms with van der Waals surface area (Å²) in [7, 11) is 1.57. The number of hydrogen-bond donors (Lipinski definition) is 1. The van der Waals surface area contributed by atoms with Crippen molar-refractivity contribution in [3.8, 4) is 17.6 Å². The fraction of sp³-hybridized carbons (Fsp3) is 0.0833. The van der Waals surface area contributed by atoms with Crippen molar-refractivity contribution in [2.45, 2.75) is 6.61 Å². The number of halogens is 2. The molecule has 0 atom stereocenters. The van der Waals surface area contributed by atoms with Crippen molar-refractivity contribution in [3.63, 3.8) is 0 Å². The van der Waals surface area contributed by atoms with Gasteiger partial charge < -0.3 is 14.8 Å². The maximum atomic E-state index is 12.5. The van der Waals surface area contributed by atoms with Crippen molar-refractivity contribution < 1.29 is 14.3 Å². The highest BCUT2D eigenvalue weighted by Gasteiger charge is 2.11. The lowest BCUT2D eigenvalue weighted by molar-refractivity contribution is -0.112. The highest BCUT2D eigenvalue weighted by atomic mass is 79.9. The zero-order chi connectivity index (χ0) is 22.2. The van der Waals surface area contributed by atoms with E-state index in [4.69, 9.17) is 9.47 Å². The quantitative estimate of drug-likeness (QED) is 0.279. The van der Waals surface area contributed by atoms with Crippen LogP contribution in [0, 0.1) is 11.3 Å². The lowest BCUT2D eigenvalue weighted by atomic mass is 10.1. The Balaban J connectivity index is 1.68. The second-order valence-electron chi connectivity index (χ2n) is 6.46. The zero-order valence-corrected chi connectivity index (χ0v) is 19.7. The molecule has 0 spiro atoms. The molecule has 0 aliphatic rings. The number of carbonyl (C=O) groups is 1. The molecule has 0 unspecified atom stereocenters. The third-order valence-electron chi connectivity index (χ3n) is 4.29. The molecule has 5 nitrogen and oxygen atoms in total. The third kappa shape index (κ3) is 6.45. The number of nitrogens with zero attached hydrogens (tertiary/aromatic N) is 1. The first kappa shape index (κ1) is 22.6. The van der Waals surface area contributed by atoms with Crippen LogP contribution in [0.3, 0.4) is 0 Å². The van der Waals surface area contributed by atoms with Gasteiger partial charge in [-0.2, -0.15) is 5.26 Å². The molecular weight excluding hydrogens is 524 g/mol. The Morgan fingerprint density at radius 2 is 1.77 bits per heavy atom. The Bertz CT molecular complexity index is 1130. The van der Waals surface area contributed by atoms with Crippen LogP contribution in [-0.2, 0) is 11.4 Å². The van der Waals surface area contributed by atoms with Gasteiger partial charge in [0, 0.05) is 10.2 Å². The molecule has 0 aromatic heterocycles.